The number of benzene rings is 2. The molecule has 0 bridgehead atoms. The van der Waals surface area contributed by atoms with E-state index >= 15 is 0 Å². The summed E-state index contributed by atoms with van der Waals surface area (Å²) >= 11 is 6.91. The summed E-state index contributed by atoms with van der Waals surface area (Å²) in [7, 11) is 0. The molecule has 0 spiro atoms. The first-order valence-electron chi connectivity index (χ1n) is 7.16. The zero-order valence-electron chi connectivity index (χ0n) is 13.2. The highest BCUT2D eigenvalue weighted by Crippen LogP contribution is 2.37. The van der Waals surface area contributed by atoms with Crippen molar-refractivity contribution in [3.8, 4) is 0 Å². The Morgan fingerprint density at radius 2 is 1.85 bits per heavy atom. The highest BCUT2D eigenvalue weighted by atomic mass is 35.5. The number of amides is 1. The Morgan fingerprint density at radius 3 is 2.38 bits per heavy atom. The van der Waals surface area contributed by atoms with E-state index in [0.29, 0.717) is 11.1 Å². The highest BCUT2D eigenvalue weighted by molar-refractivity contribution is 8.00. The highest BCUT2D eigenvalue weighted by Gasteiger charge is 2.36. The lowest BCUT2D eigenvalue weighted by molar-refractivity contribution is -0.385. The van der Waals surface area contributed by atoms with Crippen molar-refractivity contribution in [3.63, 3.8) is 0 Å². The molecule has 0 saturated heterocycles. The maximum absolute atomic E-state index is 13.1. The van der Waals surface area contributed by atoms with Crippen molar-refractivity contribution in [2.75, 3.05) is 5.32 Å². The number of nitrogens with zero attached hydrogens (tertiary/aromatic N) is 1. The molecule has 10 heteroatoms. The Balaban J connectivity index is 2.19. The molecule has 0 fully saturated rings. The van der Waals surface area contributed by atoms with Gasteiger partial charge in [0.2, 0.25) is 5.91 Å². The van der Waals surface area contributed by atoms with Gasteiger partial charge in [0.15, 0.2) is 0 Å². The molecular formula is C16H12ClF3N2O3S. The van der Waals surface area contributed by atoms with Crippen molar-refractivity contribution in [2.24, 2.45) is 0 Å². The molecule has 5 nitrogen and oxygen atoms in total. The number of nitrogens with one attached hydrogen (secondary N) is 1. The van der Waals surface area contributed by atoms with Crippen LogP contribution in [0.25, 0.3) is 0 Å². The molecule has 0 saturated carbocycles. The Hall–Kier alpha value is -2.26. The van der Waals surface area contributed by atoms with Crippen LogP contribution in [0.4, 0.5) is 24.5 Å². The third-order valence-corrected chi connectivity index (χ3v) is 4.64. The summed E-state index contributed by atoms with van der Waals surface area (Å²) in [6.45, 7) is 1.53. The normalized spacial score (nSPS) is 12.5. The lowest BCUT2D eigenvalue weighted by Crippen LogP contribution is -2.24. The second-order valence-electron chi connectivity index (χ2n) is 5.19. The second-order valence-corrected chi connectivity index (χ2v) is 7.04. The van der Waals surface area contributed by atoms with Crippen molar-refractivity contribution in [1.82, 2.24) is 0 Å². The summed E-state index contributed by atoms with van der Waals surface area (Å²) < 4.78 is 39.4. The number of nitro groups is 1. The molecule has 0 aliphatic carbocycles. The van der Waals surface area contributed by atoms with Crippen LogP contribution in [-0.2, 0) is 11.0 Å². The minimum Gasteiger partial charge on any atom is -0.325 e. The fourth-order valence-electron chi connectivity index (χ4n) is 1.99. The van der Waals surface area contributed by atoms with Gasteiger partial charge in [-0.25, -0.2) is 0 Å². The number of rotatable bonds is 5. The number of alkyl halides is 3. The van der Waals surface area contributed by atoms with Crippen LogP contribution in [0, 0.1) is 10.1 Å². The van der Waals surface area contributed by atoms with E-state index < -0.39 is 39.2 Å². The predicted octanol–water partition coefficient (Wildman–Crippen LogP) is 5.39. The average Bonchev–Trinajstić information content (AvgIpc) is 2.56. The first-order chi connectivity index (χ1) is 12.1. The monoisotopic (exact) mass is 404 g/mol. The van der Waals surface area contributed by atoms with Crippen molar-refractivity contribution in [1.29, 1.82) is 0 Å². The van der Waals surface area contributed by atoms with Gasteiger partial charge < -0.3 is 5.32 Å². The van der Waals surface area contributed by atoms with Crippen LogP contribution in [0.15, 0.2) is 47.4 Å². The minimum absolute atomic E-state index is 0.395. The van der Waals surface area contributed by atoms with Gasteiger partial charge in [0, 0.05) is 22.1 Å². The Labute approximate surface area is 155 Å². The fourth-order valence-corrected chi connectivity index (χ4v) is 2.99. The summed E-state index contributed by atoms with van der Waals surface area (Å²) in [5.41, 5.74) is -2.51. The fraction of sp³-hybridized carbons (Fsp3) is 0.188. The van der Waals surface area contributed by atoms with E-state index in [2.05, 4.69) is 5.32 Å². The van der Waals surface area contributed by atoms with E-state index in [4.69, 9.17) is 11.6 Å². The van der Waals surface area contributed by atoms with Gasteiger partial charge in [0.05, 0.1) is 21.4 Å². The molecular weight excluding hydrogens is 393 g/mol. The molecule has 2 aromatic carbocycles. The molecule has 0 aromatic heterocycles. The van der Waals surface area contributed by atoms with Crippen LogP contribution in [0.3, 0.4) is 0 Å². The maximum atomic E-state index is 13.1. The number of carbonyl (C=O) groups excluding carboxylic acids is 1. The molecule has 1 atom stereocenters. The van der Waals surface area contributed by atoms with Crippen LogP contribution in [-0.4, -0.2) is 16.1 Å². The molecule has 138 valence electrons. The summed E-state index contributed by atoms with van der Waals surface area (Å²) in [5, 5.41) is 12.7. The lowest BCUT2D eigenvalue weighted by atomic mass is 10.1. The SMILES string of the molecule is C[C@H](Sc1ccc(Cl)cc1)C(=O)Nc1ccc([N+](=O)[O-])cc1C(F)(F)F. The average molecular weight is 405 g/mol. The molecule has 0 heterocycles. The number of non-ortho nitro benzene ring substituents is 1. The van der Waals surface area contributed by atoms with Crippen molar-refractivity contribution >= 4 is 40.6 Å². The maximum Gasteiger partial charge on any atom is 0.418 e. The molecule has 1 N–H and O–H groups in total. The van der Waals surface area contributed by atoms with Gasteiger partial charge in [-0.3, -0.25) is 14.9 Å². The van der Waals surface area contributed by atoms with Gasteiger partial charge in [-0.15, -0.1) is 11.8 Å². The van der Waals surface area contributed by atoms with Crippen LogP contribution in [0.5, 0.6) is 0 Å². The smallest absolute Gasteiger partial charge is 0.325 e. The molecule has 0 aliphatic heterocycles. The third-order valence-electron chi connectivity index (χ3n) is 3.27. The van der Waals surface area contributed by atoms with Crippen LogP contribution < -0.4 is 5.32 Å². The first-order valence-corrected chi connectivity index (χ1v) is 8.42. The number of hydrogen-bond donors (Lipinski definition) is 1. The number of thioether (sulfide) groups is 1. The van der Waals surface area contributed by atoms with Crippen molar-refractivity contribution in [2.45, 2.75) is 23.2 Å². The summed E-state index contributed by atoms with van der Waals surface area (Å²) in [4.78, 5) is 22.7. The van der Waals surface area contributed by atoms with Gasteiger partial charge >= 0.3 is 6.18 Å². The predicted molar refractivity (Wildman–Crippen MR) is 93.5 cm³/mol. The van der Waals surface area contributed by atoms with E-state index in [1.165, 1.54) is 6.92 Å². The van der Waals surface area contributed by atoms with Crippen molar-refractivity contribution in [3.05, 3.63) is 63.2 Å². The molecule has 26 heavy (non-hydrogen) atoms. The van der Waals surface area contributed by atoms with Crippen LogP contribution in [0.1, 0.15) is 12.5 Å². The molecule has 2 aromatic rings. The standard InChI is InChI=1S/C16H12ClF3N2O3S/c1-9(26-12-5-2-10(17)3-6-12)15(23)21-14-7-4-11(22(24)25)8-13(14)16(18,19)20/h2-9H,1H3,(H,21,23)/t9-/m0/s1. The van der Waals surface area contributed by atoms with E-state index in [9.17, 15) is 28.1 Å². The Bertz CT molecular complexity index is 828. The van der Waals surface area contributed by atoms with E-state index in [0.717, 1.165) is 28.8 Å². The van der Waals surface area contributed by atoms with Gasteiger partial charge in [0.1, 0.15) is 0 Å². The topological polar surface area (TPSA) is 72.2 Å². The molecule has 1 amide bonds. The second kappa shape index (κ2) is 7.96. The minimum atomic E-state index is -4.85. The number of hydrogen-bond acceptors (Lipinski definition) is 4. The van der Waals surface area contributed by atoms with Gasteiger partial charge in [-0.2, -0.15) is 13.2 Å². The van der Waals surface area contributed by atoms with Gasteiger partial charge in [0.25, 0.3) is 5.69 Å². The number of anilines is 1. The van der Waals surface area contributed by atoms with Crippen LogP contribution in [0.2, 0.25) is 5.02 Å². The molecule has 0 aliphatic rings. The van der Waals surface area contributed by atoms with E-state index in [1.807, 2.05) is 0 Å². The molecule has 2 rings (SSSR count). The first kappa shape index (κ1) is 20.1. The zero-order valence-corrected chi connectivity index (χ0v) is 14.8. The Morgan fingerprint density at radius 1 is 1.23 bits per heavy atom. The summed E-state index contributed by atoms with van der Waals surface area (Å²) in [5.74, 6) is -0.663. The zero-order chi connectivity index (χ0) is 19.5. The van der Waals surface area contributed by atoms with E-state index in [-0.39, 0.29) is 0 Å². The quantitative estimate of drug-likeness (QED) is 0.412. The number of halogens is 4. The summed E-state index contributed by atoms with van der Waals surface area (Å²) in [6, 6.07) is 8.81. The van der Waals surface area contributed by atoms with Gasteiger partial charge in [-0.1, -0.05) is 11.6 Å². The molecule has 0 unspecified atom stereocenters. The van der Waals surface area contributed by atoms with Crippen molar-refractivity contribution < 1.29 is 22.9 Å². The summed E-state index contributed by atoms with van der Waals surface area (Å²) in [6.07, 6.45) is -4.85. The molecule has 0 radical (unpaired) electrons. The van der Waals surface area contributed by atoms with Crippen LogP contribution >= 0.6 is 23.4 Å². The lowest BCUT2D eigenvalue weighted by Gasteiger charge is -2.16. The number of carbonyl (C=O) groups is 1. The third kappa shape index (κ3) is 5.12. The largest absolute Gasteiger partial charge is 0.418 e. The van der Waals surface area contributed by atoms with Gasteiger partial charge in [-0.05, 0) is 37.3 Å². The van der Waals surface area contributed by atoms with E-state index in [1.54, 1.807) is 24.3 Å². The Kier molecular flexibility index (Phi) is 6.14. The number of nitro benzene ring substituents is 1.